The lowest BCUT2D eigenvalue weighted by atomic mass is 9.91. The minimum Gasteiger partial charge on any atom is -0.378 e. The molecule has 2 rings (SSSR count). The highest BCUT2D eigenvalue weighted by Gasteiger charge is 2.31. The van der Waals surface area contributed by atoms with Gasteiger partial charge in [0.1, 0.15) is 0 Å². The van der Waals surface area contributed by atoms with Gasteiger partial charge in [-0.15, -0.1) is 10.2 Å². The van der Waals surface area contributed by atoms with Crippen molar-refractivity contribution in [1.29, 1.82) is 0 Å². The summed E-state index contributed by atoms with van der Waals surface area (Å²) >= 11 is 1.94. The van der Waals surface area contributed by atoms with Crippen molar-refractivity contribution < 1.29 is 28.9 Å². The van der Waals surface area contributed by atoms with Crippen LogP contribution in [0.5, 0.6) is 0 Å². The number of hydrogen-bond acceptors (Lipinski definition) is 5. The first-order chi connectivity index (χ1) is 13.5. The van der Waals surface area contributed by atoms with Crippen LogP contribution in [-0.4, -0.2) is 14.1 Å². The molecule has 1 aromatic heterocycles. The number of hydrogen-bond donors (Lipinski definition) is 0. The minimum atomic E-state index is -4.94. The maximum atomic E-state index is 8.49. The maximum absolute atomic E-state index is 8.49. The number of rotatable bonds is 3. The van der Waals surface area contributed by atoms with E-state index in [0.717, 1.165) is 0 Å². The van der Waals surface area contributed by atoms with Crippen molar-refractivity contribution in [2.24, 2.45) is 0 Å². The Morgan fingerprint density at radius 2 is 1.10 bits per heavy atom. The van der Waals surface area contributed by atoms with Crippen LogP contribution in [0.2, 0.25) is 0 Å². The number of halogens is 1. The zero-order valence-electron chi connectivity index (χ0n) is 19.0. The molecule has 0 saturated heterocycles. The van der Waals surface area contributed by atoms with Crippen LogP contribution in [0.4, 0.5) is 5.69 Å². The summed E-state index contributed by atoms with van der Waals surface area (Å²) in [6.07, 6.45) is 4.44. The molecule has 1 heterocycles. The van der Waals surface area contributed by atoms with E-state index in [4.69, 9.17) is 18.6 Å². The third-order valence-corrected chi connectivity index (χ3v) is 6.07. The van der Waals surface area contributed by atoms with E-state index in [2.05, 4.69) is 109 Å². The van der Waals surface area contributed by atoms with Gasteiger partial charge in [0.05, 0.1) is 0 Å². The summed E-state index contributed by atoms with van der Waals surface area (Å²) in [5, 5.41) is 0. The molecule has 0 bridgehead atoms. The fraction of sp³-hybridized carbons (Fsp3) is 0.435. The molecule has 166 valence electrons. The predicted molar refractivity (Wildman–Crippen MR) is 116 cm³/mol. The molecule has 0 amide bonds. The largest absolute Gasteiger partial charge is 0.378 e. The van der Waals surface area contributed by atoms with Gasteiger partial charge >= 0.3 is 0 Å². The summed E-state index contributed by atoms with van der Waals surface area (Å²) in [5.41, 5.74) is 4.07. The molecular formula is C23H32ClNO4S. The third kappa shape index (κ3) is 9.98. The quantitative estimate of drug-likeness (QED) is 0.663. The summed E-state index contributed by atoms with van der Waals surface area (Å²) in [4.78, 5) is 4.99. The average molecular weight is 454 g/mol. The van der Waals surface area contributed by atoms with E-state index >= 15 is 0 Å². The summed E-state index contributed by atoms with van der Waals surface area (Å²) in [6.45, 7) is 13.7. The van der Waals surface area contributed by atoms with Gasteiger partial charge in [0.25, 0.3) is 0 Å². The van der Waals surface area contributed by atoms with Crippen molar-refractivity contribution in [3.8, 4) is 0 Å². The second kappa shape index (κ2) is 10.2. The van der Waals surface area contributed by atoms with Crippen LogP contribution in [0.25, 0.3) is 12.2 Å². The average Bonchev–Trinajstić information content (AvgIpc) is 2.57. The SMILES string of the molecule is CN(C)c1ccc(/C=C/c2cc(C(C)(C)C)[s+]c(C(C)(C)C)c2)cc1.[O-][Cl+3]([O-])([O-])[O-]. The standard InChI is InChI=1S/C23H32NS.ClHO4/c1-22(2,3)20-15-18(16-21(25-20)23(4,5)6)10-9-17-11-13-19(14-12-17)24(7)8;2-1(3,4)5/h9-16H,1-8H3;(H,2,3,4,5)/q+1;/p-1/b10-9+;. The van der Waals surface area contributed by atoms with Gasteiger partial charge in [0.15, 0.2) is 0 Å². The predicted octanol–water partition coefficient (Wildman–Crippen LogP) is 2.10. The lowest BCUT2D eigenvalue weighted by molar-refractivity contribution is -2.00. The van der Waals surface area contributed by atoms with Crippen LogP contribution in [0.3, 0.4) is 0 Å². The molecule has 30 heavy (non-hydrogen) atoms. The lowest BCUT2D eigenvalue weighted by Gasteiger charge is -2.17. The van der Waals surface area contributed by atoms with E-state index in [0.29, 0.717) is 0 Å². The minimum absolute atomic E-state index is 0.169. The normalized spacial score (nSPS) is 12.5. The highest BCUT2D eigenvalue weighted by Crippen LogP contribution is 2.35. The lowest BCUT2D eigenvalue weighted by Crippen LogP contribution is -2.68. The summed E-state index contributed by atoms with van der Waals surface area (Å²) in [5.74, 6) is 0. The van der Waals surface area contributed by atoms with Crippen LogP contribution >= 0.6 is 11.3 Å². The molecule has 2 aromatic rings. The molecule has 0 N–H and O–H groups in total. The van der Waals surface area contributed by atoms with E-state index in [9.17, 15) is 0 Å². The maximum Gasteiger partial charge on any atom is 0.219 e. The number of benzene rings is 1. The third-order valence-electron chi connectivity index (χ3n) is 4.17. The fourth-order valence-electron chi connectivity index (χ4n) is 2.43. The van der Waals surface area contributed by atoms with Crippen LogP contribution in [0, 0.1) is 10.2 Å². The molecule has 0 saturated carbocycles. The molecular weight excluding hydrogens is 422 g/mol. The first kappa shape index (κ1) is 26.5. The van der Waals surface area contributed by atoms with Gasteiger partial charge in [-0.05, 0) is 23.3 Å². The van der Waals surface area contributed by atoms with Crippen molar-refractivity contribution in [3.05, 3.63) is 57.3 Å². The molecule has 5 nitrogen and oxygen atoms in total. The zero-order valence-corrected chi connectivity index (χ0v) is 20.6. The van der Waals surface area contributed by atoms with Crippen molar-refractivity contribution in [2.75, 3.05) is 19.0 Å². The Hall–Kier alpha value is -1.54. The van der Waals surface area contributed by atoms with Crippen LogP contribution < -0.4 is 23.5 Å². The summed E-state index contributed by atoms with van der Waals surface area (Å²) in [7, 11) is -0.809. The Labute approximate surface area is 186 Å². The first-order valence-corrected chi connectivity index (χ1v) is 11.6. The first-order valence-electron chi connectivity index (χ1n) is 9.53. The van der Waals surface area contributed by atoms with Gasteiger partial charge in [-0.1, -0.05) is 65.8 Å². The van der Waals surface area contributed by atoms with Crippen LogP contribution in [0.15, 0.2) is 36.4 Å². The Bertz CT molecular complexity index is 807. The Kier molecular flexibility index (Phi) is 8.99. The monoisotopic (exact) mass is 453 g/mol. The highest BCUT2D eigenvalue weighted by molar-refractivity contribution is 7.12. The number of nitrogens with zero attached hydrogens (tertiary/aromatic N) is 1. The summed E-state index contributed by atoms with van der Waals surface area (Å²) in [6, 6.07) is 13.3. The van der Waals surface area contributed by atoms with Crippen molar-refractivity contribution in [2.45, 2.75) is 52.4 Å². The smallest absolute Gasteiger partial charge is 0.219 e. The fourth-order valence-corrected chi connectivity index (χ4v) is 3.67. The van der Waals surface area contributed by atoms with Gasteiger partial charge in [0, 0.05) is 42.7 Å². The molecule has 0 radical (unpaired) electrons. The van der Waals surface area contributed by atoms with E-state index < -0.39 is 10.2 Å². The van der Waals surface area contributed by atoms with Gasteiger partial charge < -0.3 is 4.90 Å². The van der Waals surface area contributed by atoms with E-state index in [1.165, 1.54) is 26.6 Å². The van der Waals surface area contributed by atoms with E-state index in [1.54, 1.807) is 0 Å². The molecule has 1 aromatic carbocycles. The van der Waals surface area contributed by atoms with Crippen molar-refractivity contribution in [3.63, 3.8) is 0 Å². The topological polar surface area (TPSA) is 95.5 Å². The Morgan fingerprint density at radius 1 is 0.733 bits per heavy atom. The second-order valence-corrected chi connectivity index (χ2v) is 11.2. The molecule has 0 atom stereocenters. The zero-order chi connectivity index (χ0) is 23.3. The molecule has 0 aliphatic carbocycles. The van der Waals surface area contributed by atoms with Crippen molar-refractivity contribution >= 4 is 29.2 Å². The highest BCUT2D eigenvalue weighted by atomic mass is 35.7. The molecule has 0 unspecified atom stereocenters. The van der Waals surface area contributed by atoms with E-state index in [1.807, 2.05) is 11.3 Å². The molecule has 7 heteroatoms. The van der Waals surface area contributed by atoms with Gasteiger partial charge in [-0.2, -0.15) is 0 Å². The van der Waals surface area contributed by atoms with E-state index in [-0.39, 0.29) is 10.8 Å². The molecule has 0 aliphatic heterocycles. The van der Waals surface area contributed by atoms with Crippen LogP contribution in [0.1, 0.15) is 62.4 Å². The Morgan fingerprint density at radius 3 is 1.43 bits per heavy atom. The number of anilines is 1. The summed E-state index contributed by atoms with van der Waals surface area (Å²) < 4.78 is 34.0. The Balaban J connectivity index is 0.000000804. The van der Waals surface area contributed by atoms with Gasteiger partial charge in [-0.25, -0.2) is 18.6 Å². The van der Waals surface area contributed by atoms with Gasteiger partial charge in [0.2, 0.25) is 21.1 Å². The second-order valence-electron chi connectivity index (χ2n) is 9.32. The van der Waals surface area contributed by atoms with Crippen molar-refractivity contribution in [1.82, 2.24) is 0 Å². The molecule has 0 spiro atoms. The molecule has 0 aliphatic rings. The van der Waals surface area contributed by atoms with Crippen LogP contribution in [-0.2, 0) is 10.8 Å². The van der Waals surface area contributed by atoms with Gasteiger partial charge in [-0.3, -0.25) is 0 Å². The molecule has 0 fully saturated rings.